The number of hydrogen-bond donors (Lipinski definition) is 2. The average molecular weight is 578 g/mol. The minimum Gasteiger partial charge on any atom is -0.490 e. The molecule has 0 unspecified atom stereocenters. The standard InChI is InChI=1S/C31H29Cl2N3O4/c32-25-7-2-8-26(33)28(25)30(37)35-27(31(38)39)18-20-9-11-23(12-10-20)40-24-13-16-36(17-14-24)19-22-5-1-4-21-6-3-15-34-29(21)22/h1-12,15,24,27H,13-14,16-19H2,(H,35,37)(H,38,39)/t27-/m0/s1. The summed E-state index contributed by atoms with van der Waals surface area (Å²) in [6.45, 7) is 2.72. The van der Waals surface area contributed by atoms with Gasteiger partial charge in [0.05, 0.1) is 21.1 Å². The van der Waals surface area contributed by atoms with Gasteiger partial charge in [0, 0.05) is 37.6 Å². The lowest BCUT2D eigenvalue weighted by atomic mass is 10.0. The van der Waals surface area contributed by atoms with Crippen molar-refractivity contribution >= 4 is 46.0 Å². The van der Waals surface area contributed by atoms with Gasteiger partial charge < -0.3 is 15.2 Å². The van der Waals surface area contributed by atoms with E-state index in [-0.39, 0.29) is 28.1 Å². The highest BCUT2D eigenvalue weighted by Gasteiger charge is 2.24. The quantitative estimate of drug-likeness (QED) is 0.253. The number of aliphatic carboxylic acids is 1. The number of carboxylic acid groups (broad SMARTS) is 1. The number of halogens is 2. The number of hydrogen-bond acceptors (Lipinski definition) is 5. The predicted octanol–water partition coefficient (Wildman–Crippen LogP) is 6.01. The molecule has 2 heterocycles. The number of likely N-dealkylation sites (tertiary alicyclic amines) is 1. The third-order valence-electron chi connectivity index (χ3n) is 7.10. The molecule has 0 spiro atoms. The number of ether oxygens (including phenoxy) is 1. The summed E-state index contributed by atoms with van der Waals surface area (Å²) < 4.78 is 6.23. The summed E-state index contributed by atoms with van der Waals surface area (Å²) in [6.07, 6.45) is 3.88. The molecule has 206 valence electrons. The number of nitrogens with zero attached hydrogens (tertiary/aromatic N) is 2. The van der Waals surface area contributed by atoms with Gasteiger partial charge in [-0.15, -0.1) is 0 Å². The summed E-state index contributed by atoms with van der Waals surface area (Å²) in [5.74, 6) is -1.05. The molecule has 1 saturated heterocycles. The molecule has 0 bridgehead atoms. The second-order valence-electron chi connectivity index (χ2n) is 9.89. The molecule has 0 aliphatic carbocycles. The van der Waals surface area contributed by atoms with Crippen molar-refractivity contribution in [3.05, 3.63) is 106 Å². The Morgan fingerprint density at radius 1 is 0.975 bits per heavy atom. The van der Waals surface area contributed by atoms with E-state index in [9.17, 15) is 14.7 Å². The van der Waals surface area contributed by atoms with Crippen LogP contribution in [0.25, 0.3) is 10.9 Å². The Kier molecular flexibility index (Phi) is 8.85. The number of nitrogens with one attached hydrogen (secondary N) is 1. The first kappa shape index (κ1) is 27.9. The predicted molar refractivity (Wildman–Crippen MR) is 156 cm³/mol. The molecule has 4 aromatic rings. The third kappa shape index (κ3) is 6.73. The fraction of sp³-hybridized carbons (Fsp3) is 0.258. The van der Waals surface area contributed by atoms with Gasteiger partial charge in [-0.3, -0.25) is 14.7 Å². The average Bonchev–Trinajstić information content (AvgIpc) is 2.95. The summed E-state index contributed by atoms with van der Waals surface area (Å²) in [5.41, 5.74) is 3.10. The molecule has 0 saturated carbocycles. The van der Waals surface area contributed by atoms with Gasteiger partial charge in [0.25, 0.3) is 5.91 Å². The summed E-state index contributed by atoms with van der Waals surface area (Å²) in [4.78, 5) is 31.5. The number of pyridine rings is 1. The van der Waals surface area contributed by atoms with Crippen molar-refractivity contribution in [1.29, 1.82) is 0 Å². The van der Waals surface area contributed by atoms with Gasteiger partial charge in [-0.2, -0.15) is 0 Å². The summed E-state index contributed by atoms with van der Waals surface area (Å²) >= 11 is 12.2. The molecule has 1 fully saturated rings. The number of aromatic nitrogens is 1. The van der Waals surface area contributed by atoms with E-state index in [0.29, 0.717) is 0 Å². The zero-order valence-corrected chi connectivity index (χ0v) is 23.2. The van der Waals surface area contributed by atoms with Gasteiger partial charge in [0.15, 0.2) is 0 Å². The smallest absolute Gasteiger partial charge is 0.326 e. The van der Waals surface area contributed by atoms with Crippen molar-refractivity contribution in [3.8, 4) is 5.75 Å². The molecule has 1 aromatic heterocycles. The van der Waals surface area contributed by atoms with Gasteiger partial charge in [-0.05, 0) is 54.3 Å². The van der Waals surface area contributed by atoms with Crippen LogP contribution in [0.5, 0.6) is 5.75 Å². The van der Waals surface area contributed by atoms with Crippen molar-refractivity contribution in [1.82, 2.24) is 15.2 Å². The van der Waals surface area contributed by atoms with E-state index in [1.54, 1.807) is 6.07 Å². The fourth-order valence-electron chi connectivity index (χ4n) is 5.00. The normalized spacial score (nSPS) is 15.1. The monoisotopic (exact) mass is 577 g/mol. The minimum absolute atomic E-state index is 0.0562. The van der Waals surface area contributed by atoms with Gasteiger partial charge in [0.1, 0.15) is 17.9 Å². The molecular formula is C31H29Cl2N3O4. The minimum atomic E-state index is -1.15. The highest BCUT2D eigenvalue weighted by Crippen LogP contribution is 2.25. The van der Waals surface area contributed by atoms with Crippen LogP contribution in [0.3, 0.4) is 0 Å². The number of benzene rings is 3. The van der Waals surface area contributed by atoms with E-state index < -0.39 is 17.9 Å². The molecule has 7 nitrogen and oxygen atoms in total. The van der Waals surface area contributed by atoms with Crippen LogP contribution in [-0.4, -0.2) is 52.1 Å². The van der Waals surface area contributed by atoms with Crippen molar-refractivity contribution in [3.63, 3.8) is 0 Å². The molecule has 1 atom stereocenters. The Labute approximate surface area is 242 Å². The zero-order valence-electron chi connectivity index (χ0n) is 21.7. The molecule has 1 aliphatic heterocycles. The lowest BCUT2D eigenvalue weighted by molar-refractivity contribution is -0.139. The van der Waals surface area contributed by atoms with Crippen LogP contribution in [0, 0.1) is 0 Å². The van der Waals surface area contributed by atoms with Crippen LogP contribution in [0.2, 0.25) is 10.0 Å². The molecule has 3 aromatic carbocycles. The Balaban J connectivity index is 1.13. The molecular weight excluding hydrogens is 549 g/mol. The first-order chi connectivity index (χ1) is 19.4. The highest BCUT2D eigenvalue weighted by molar-refractivity contribution is 6.39. The molecule has 2 N–H and O–H groups in total. The number of fused-ring (bicyclic) bond motifs is 1. The lowest BCUT2D eigenvalue weighted by Gasteiger charge is -2.32. The van der Waals surface area contributed by atoms with E-state index in [1.807, 2.05) is 36.5 Å². The van der Waals surface area contributed by atoms with Crippen molar-refractivity contribution < 1.29 is 19.4 Å². The Morgan fingerprint density at radius 2 is 1.65 bits per heavy atom. The number of piperidine rings is 1. The van der Waals surface area contributed by atoms with Crippen molar-refractivity contribution in [2.45, 2.75) is 38.0 Å². The van der Waals surface area contributed by atoms with Crippen molar-refractivity contribution in [2.75, 3.05) is 13.1 Å². The fourth-order valence-corrected chi connectivity index (χ4v) is 5.57. The number of carbonyl (C=O) groups excluding carboxylic acids is 1. The lowest BCUT2D eigenvalue weighted by Crippen LogP contribution is -2.42. The molecule has 5 rings (SSSR count). The number of para-hydroxylation sites is 1. The first-order valence-electron chi connectivity index (χ1n) is 13.2. The summed E-state index contributed by atoms with van der Waals surface area (Å²) in [6, 6.07) is 21.2. The van der Waals surface area contributed by atoms with Crippen LogP contribution in [0.1, 0.15) is 34.3 Å². The van der Waals surface area contributed by atoms with E-state index in [4.69, 9.17) is 27.9 Å². The van der Waals surface area contributed by atoms with Gasteiger partial charge >= 0.3 is 5.97 Å². The Bertz CT molecular complexity index is 1480. The maximum absolute atomic E-state index is 12.7. The van der Waals surface area contributed by atoms with Gasteiger partial charge in [-0.25, -0.2) is 4.79 Å². The molecule has 0 radical (unpaired) electrons. The second kappa shape index (κ2) is 12.7. The largest absolute Gasteiger partial charge is 0.490 e. The van der Waals surface area contributed by atoms with Crippen LogP contribution >= 0.6 is 23.2 Å². The van der Waals surface area contributed by atoms with Gasteiger partial charge in [-0.1, -0.05) is 65.7 Å². The van der Waals surface area contributed by atoms with Crippen LogP contribution in [-0.2, 0) is 17.8 Å². The summed E-state index contributed by atoms with van der Waals surface area (Å²) in [5, 5.41) is 13.7. The number of rotatable bonds is 9. The van der Waals surface area contributed by atoms with E-state index in [0.717, 1.165) is 54.7 Å². The van der Waals surface area contributed by atoms with Crippen LogP contribution < -0.4 is 10.1 Å². The number of carbonyl (C=O) groups is 2. The SMILES string of the molecule is O=C(N[C@@H](Cc1ccc(OC2CCN(Cc3cccc4cccnc34)CC2)cc1)C(=O)O)c1c(Cl)cccc1Cl. The van der Waals surface area contributed by atoms with E-state index in [2.05, 4.69) is 39.5 Å². The third-order valence-corrected chi connectivity index (χ3v) is 7.73. The van der Waals surface area contributed by atoms with Crippen LogP contribution in [0.15, 0.2) is 79.0 Å². The maximum atomic E-state index is 12.7. The molecule has 40 heavy (non-hydrogen) atoms. The van der Waals surface area contributed by atoms with Gasteiger partial charge in [0.2, 0.25) is 0 Å². The number of carboxylic acids is 1. The maximum Gasteiger partial charge on any atom is 0.326 e. The molecule has 9 heteroatoms. The molecule has 1 amide bonds. The molecule has 1 aliphatic rings. The van der Waals surface area contributed by atoms with Crippen molar-refractivity contribution in [2.24, 2.45) is 0 Å². The van der Waals surface area contributed by atoms with E-state index in [1.165, 1.54) is 17.7 Å². The summed E-state index contributed by atoms with van der Waals surface area (Å²) in [7, 11) is 0. The Morgan fingerprint density at radius 3 is 2.35 bits per heavy atom. The van der Waals surface area contributed by atoms with Crippen LogP contribution in [0.4, 0.5) is 0 Å². The number of amides is 1. The highest BCUT2D eigenvalue weighted by atomic mass is 35.5. The Hall–Kier alpha value is -3.65. The first-order valence-corrected chi connectivity index (χ1v) is 13.9. The zero-order chi connectivity index (χ0) is 28.1. The topological polar surface area (TPSA) is 91.8 Å². The van der Waals surface area contributed by atoms with E-state index >= 15 is 0 Å². The second-order valence-corrected chi connectivity index (χ2v) is 10.7.